The van der Waals surface area contributed by atoms with Crippen LogP contribution in [0.15, 0.2) is 72.8 Å². The molecule has 0 saturated carbocycles. The molecule has 0 unspecified atom stereocenters. The van der Waals surface area contributed by atoms with Crippen LogP contribution >= 0.6 is 232 Å². The number of para-hydroxylation sites is 4. The number of fused-ring (bicyclic) bond motifs is 20. The summed E-state index contributed by atoms with van der Waals surface area (Å²) in [4.78, 5) is 36.5. The standard InChI is InChI=1S/C56H14Cl20N8O4/c57-13-5-1-6-14(58)41(13)85-45-33(69)25-21(29(65)37(45)73)49-77-50-22-27(35(71)47(38(74)30(22)66)87-43-17(61)9-3-10-18(43)62)55(79-50)84-56-28-24(32(68)40(76)48(36(28)72)88-44-19(63)11-4-12-20(44)64)52(83-56)82-54-26-23(51(81-54)80-53(25)78-49)31(67)39(75)46(34(26)70)86-42-15(59)7-2-8-16(42)60/h1-12H,(H2,77,78,79,80,81,82,83,84). The molecule has 8 bridgehead atoms. The number of ether oxygens (including phenoxy) is 4. The van der Waals surface area contributed by atoms with Gasteiger partial charge in [0.15, 0.2) is 69.3 Å². The van der Waals surface area contributed by atoms with Gasteiger partial charge in [-0.3, -0.25) is 0 Å². The van der Waals surface area contributed by atoms with Crippen molar-refractivity contribution in [2.75, 3.05) is 0 Å². The van der Waals surface area contributed by atoms with Gasteiger partial charge in [0.05, 0.1) is 124 Å². The molecule has 2 aliphatic rings. The summed E-state index contributed by atoms with van der Waals surface area (Å²) in [5, 5.41) is -1.95. The highest BCUT2D eigenvalue weighted by molar-refractivity contribution is 6.54. The number of rotatable bonds is 8. The zero-order valence-corrected chi connectivity index (χ0v) is 56.9. The van der Waals surface area contributed by atoms with E-state index in [-0.39, 0.29) is 236 Å². The highest BCUT2D eigenvalue weighted by Gasteiger charge is 2.37. The maximum Gasteiger partial charge on any atom is 0.167 e. The summed E-state index contributed by atoms with van der Waals surface area (Å²) in [7, 11) is 0. The lowest BCUT2D eigenvalue weighted by Crippen LogP contribution is -1.94. The summed E-state index contributed by atoms with van der Waals surface area (Å²) < 4.78 is 25.2. The van der Waals surface area contributed by atoms with Crippen LogP contribution in [0.2, 0.25) is 100 Å². The average molecular weight is 1570 g/mol. The Balaban J connectivity index is 1.22. The number of benzene rings is 8. The fourth-order valence-electron chi connectivity index (χ4n) is 9.35. The molecule has 11 aromatic rings. The minimum Gasteiger partial charge on any atom is -0.451 e. The molecule has 442 valence electrons. The Morgan fingerprint density at radius 1 is 0.216 bits per heavy atom. The van der Waals surface area contributed by atoms with Gasteiger partial charge in [0.1, 0.15) is 42.7 Å². The van der Waals surface area contributed by atoms with Gasteiger partial charge in [0, 0.05) is 0 Å². The SMILES string of the molecule is Clc1cccc(Cl)c1Oc1c(Cl)c(Cl)c2c(c1Cl)-c1nc-2nc2[nH]c(nc3nc(nc4[nH]c(n1)c1c(Cl)c(Cl)c(Oc5c(Cl)cccc5Cl)c(Cl)c41)-c1c(Cl)c(Cl)c(Oc4c(Cl)cccc4Cl)c(Cl)c1-3)c1c(Cl)c(Oc3c(Cl)cccc3Cl)c(Cl)c(Cl)c21. The third-order valence-electron chi connectivity index (χ3n) is 13.2. The average Bonchev–Trinajstić information content (AvgIpc) is 1.57. The molecule has 32 heteroatoms. The molecule has 2 N–H and O–H groups in total. The van der Waals surface area contributed by atoms with E-state index in [2.05, 4.69) is 9.97 Å². The fraction of sp³-hybridized carbons (Fsp3) is 0. The van der Waals surface area contributed by atoms with Gasteiger partial charge in [0.2, 0.25) is 0 Å². The quantitative estimate of drug-likeness (QED) is 0.141. The molecule has 13 rings (SSSR count). The number of nitrogens with zero attached hydrogens (tertiary/aromatic N) is 6. The minimum atomic E-state index is -0.250. The molecule has 3 aromatic heterocycles. The second-order valence-electron chi connectivity index (χ2n) is 18.3. The van der Waals surface area contributed by atoms with Crippen molar-refractivity contribution in [3.05, 3.63) is 173 Å². The maximum atomic E-state index is 7.45. The van der Waals surface area contributed by atoms with E-state index in [0.717, 1.165) is 0 Å². The number of hydrogen-bond donors (Lipinski definition) is 2. The van der Waals surface area contributed by atoms with Crippen LogP contribution in [0.25, 0.3) is 89.7 Å². The van der Waals surface area contributed by atoms with Crippen LogP contribution in [-0.4, -0.2) is 39.9 Å². The normalized spacial score (nSPS) is 11.9. The summed E-state index contributed by atoms with van der Waals surface area (Å²) in [5.74, 6) is -1.92. The molecule has 0 amide bonds. The first-order valence-electron chi connectivity index (χ1n) is 24.1. The second kappa shape index (κ2) is 24.2. The molecule has 0 atom stereocenters. The summed E-state index contributed by atoms with van der Waals surface area (Å²) in [6.07, 6.45) is 0. The third kappa shape index (κ3) is 10.4. The van der Waals surface area contributed by atoms with Crippen molar-refractivity contribution >= 4 is 276 Å². The third-order valence-corrected chi connectivity index (χ3v) is 20.4. The zero-order valence-electron chi connectivity index (χ0n) is 41.8. The van der Waals surface area contributed by atoms with E-state index < -0.39 is 0 Å². The lowest BCUT2D eigenvalue weighted by Gasteiger charge is -2.16. The highest BCUT2D eigenvalue weighted by atomic mass is 35.5. The Morgan fingerprint density at radius 2 is 0.420 bits per heavy atom. The number of nitrogens with one attached hydrogen (secondary N) is 2. The van der Waals surface area contributed by atoms with E-state index in [9.17, 15) is 0 Å². The van der Waals surface area contributed by atoms with Crippen LogP contribution in [-0.2, 0) is 0 Å². The predicted octanol–water partition coefficient (Wildman–Crippen LogP) is 27.1. The van der Waals surface area contributed by atoms with Crippen molar-refractivity contribution in [2.24, 2.45) is 0 Å². The van der Waals surface area contributed by atoms with Crippen molar-refractivity contribution in [3.8, 4) is 91.5 Å². The van der Waals surface area contributed by atoms with E-state index in [0.29, 0.717) is 0 Å². The fourth-order valence-corrected chi connectivity index (χ4v) is 14.7. The van der Waals surface area contributed by atoms with E-state index in [1.165, 1.54) is 48.5 Å². The molecule has 8 aromatic carbocycles. The number of aromatic nitrogens is 8. The van der Waals surface area contributed by atoms with Gasteiger partial charge in [-0.05, 0) is 48.5 Å². The molecule has 0 spiro atoms. The van der Waals surface area contributed by atoms with Crippen LogP contribution in [0.1, 0.15) is 0 Å². The first-order chi connectivity index (χ1) is 41.9. The van der Waals surface area contributed by atoms with Crippen molar-refractivity contribution in [1.82, 2.24) is 39.9 Å². The van der Waals surface area contributed by atoms with E-state index in [4.69, 9.17) is 281 Å². The van der Waals surface area contributed by atoms with E-state index in [1.54, 1.807) is 24.3 Å². The Morgan fingerprint density at radius 3 is 0.670 bits per heavy atom. The van der Waals surface area contributed by atoms with Crippen LogP contribution in [0, 0.1) is 0 Å². The van der Waals surface area contributed by atoms with Gasteiger partial charge in [-0.25, -0.2) is 29.9 Å². The van der Waals surface area contributed by atoms with Crippen molar-refractivity contribution in [1.29, 1.82) is 0 Å². The van der Waals surface area contributed by atoms with Gasteiger partial charge < -0.3 is 28.9 Å². The molecule has 0 aliphatic carbocycles. The first-order valence-corrected chi connectivity index (χ1v) is 31.6. The number of hydrogen-bond acceptors (Lipinski definition) is 10. The minimum absolute atomic E-state index is 0.00160. The Hall–Kier alpha value is -3.88. The van der Waals surface area contributed by atoms with Gasteiger partial charge in [0.25, 0.3) is 0 Å². The monoisotopic (exact) mass is 1560 g/mol. The number of halogens is 20. The lowest BCUT2D eigenvalue weighted by molar-refractivity contribution is 0.484. The molecule has 5 heterocycles. The summed E-state index contributed by atoms with van der Waals surface area (Å²) >= 11 is 141. The summed E-state index contributed by atoms with van der Waals surface area (Å²) in [6.45, 7) is 0. The molecule has 0 radical (unpaired) electrons. The van der Waals surface area contributed by atoms with Crippen LogP contribution < -0.4 is 18.9 Å². The molecule has 88 heavy (non-hydrogen) atoms. The van der Waals surface area contributed by atoms with Gasteiger partial charge in [-0.1, -0.05) is 256 Å². The maximum absolute atomic E-state index is 7.45. The molecule has 12 nitrogen and oxygen atoms in total. The van der Waals surface area contributed by atoms with Gasteiger partial charge in [-0.15, -0.1) is 0 Å². The lowest BCUT2D eigenvalue weighted by atomic mass is 10.1. The zero-order chi connectivity index (χ0) is 62.4. The Kier molecular flexibility index (Phi) is 17.3. The molecular weight excluding hydrogens is 1560 g/mol. The topological polar surface area (TPSA) is 146 Å². The molecular formula is C56H14Cl20N8O4. The van der Waals surface area contributed by atoms with Crippen molar-refractivity contribution in [3.63, 3.8) is 0 Å². The Labute approximate surface area is 593 Å². The van der Waals surface area contributed by atoms with Crippen LogP contribution in [0.3, 0.4) is 0 Å². The smallest absolute Gasteiger partial charge is 0.167 e. The predicted molar refractivity (Wildman–Crippen MR) is 362 cm³/mol. The van der Waals surface area contributed by atoms with Gasteiger partial charge >= 0.3 is 0 Å². The van der Waals surface area contributed by atoms with Crippen LogP contribution in [0.5, 0.6) is 46.0 Å². The summed E-state index contributed by atoms with van der Waals surface area (Å²) in [6, 6.07) is 18.7. The molecule has 2 aliphatic heterocycles. The number of aromatic amines is 2. The van der Waals surface area contributed by atoms with Crippen molar-refractivity contribution < 1.29 is 18.9 Å². The molecule has 0 fully saturated rings. The van der Waals surface area contributed by atoms with Crippen molar-refractivity contribution in [2.45, 2.75) is 0 Å². The summed E-state index contributed by atoms with van der Waals surface area (Å²) in [5.41, 5.74) is -0.604. The van der Waals surface area contributed by atoms with Crippen LogP contribution in [0.4, 0.5) is 0 Å². The number of H-pyrrole nitrogens is 2. The Bertz CT molecular complexity index is 5080. The van der Waals surface area contributed by atoms with E-state index >= 15 is 0 Å². The largest absolute Gasteiger partial charge is 0.451 e. The van der Waals surface area contributed by atoms with Gasteiger partial charge in [-0.2, -0.15) is 0 Å². The first kappa shape index (κ1) is 62.9. The van der Waals surface area contributed by atoms with E-state index in [1.807, 2.05) is 0 Å². The highest BCUT2D eigenvalue weighted by Crippen LogP contribution is 2.59. The molecule has 0 saturated heterocycles. The second-order valence-corrected chi connectivity index (χ2v) is 26.1.